The summed E-state index contributed by atoms with van der Waals surface area (Å²) in [7, 11) is 0. The second kappa shape index (κ2) is 8.41. The number of carbonyl (C=O) groups is 2. The number of hydrogen-bond donors (Lipinski definition) is 0. The minimum Gasteiger partial charge on any atom is -0.493 e. The van der Waals surface area contributed by atoms with E-state index >= 15 is 0 Å². The zero-order valence-corrected chi connectivity index (χ0v) is 17.9. The van der Waals surface area contributed by atoms with Crippen LogP contribution in [0.2, 0.25) is 0 Å². The number of thioether (sulfide) groups is 1. The molecule has 1 aliphatic heterocycles. The number of ether oxygens (including phenoxy) is 1. The molecule has 1 saturated heterocycles. The number of halogens is 2. The van der Waals surface area contributed by atoms with E-state index in [1.165, 1.54) is 4.90 Å². The molecule has 0 atom stereocenters. The lowest BCUT2D eigenvalue weighted by Gasteiger charge is -2.13. The third kappa shape index (κ3) is 4.22. The van der Waals surface area contributed by atoms with Crippen LogP contribution in [0.4, 0.5) is 4.79 Å². The van der Waals surface area contributed by atoms with Gasteiger partial charge in [0.15, 0.2) is 0 Å². The Labute approximate surface area is 172 Å². The molecule has 3 rings (SSSR count). The van der Waals surface area contributed by atoms with Gasteiger partial charge in [-0.15, -0.1) is 0 Å². The first-order valence-electron chi connectivity index (χ1n) is 7.90. The summed E-state index contributed by atoms with van der Waals surface area (Å²) in [6.45, 7) is 2.74. The van der Waals surface area contributed by atoms with Crippen LogP contribution < -0.4 is 4.74 Å². The Morgan fingerprint density at radius 3 is 2.58 bits per heavy atom. The van der Waals surface area contributed by atoms with Crippen LogP contribution >= 0.6 is 43.6 Å². The molecule has 26 heavy (non-hydrogen) atoms. The fourth-order valence-corrected chi connectivity index (χ4v) is 4.22. The van der Waals surface area contributed by atoms with Crippen LogP contribution in [0.3, 0.4) is 0 Å². The lowest BCUT2D eigenvalue weighted by molar-refractivity contribution is -0.123. The molecule has 0 N–H and O–H groups in total. The molecule has 2 amide bonds. The molecule has 1 fully saturated rings. The number of benzene rings is 2. The Hall–Kier alpha value is -1.57. The minimum atomic E-state index is -0.277. The van der Waals surface area contributed by atoms with E-state index in [2.05, 4.69) is 31.9 Å². The summed E-state index contributed by atoms with van der Waals surface area (Å²) in [6.07, 6.45) is 1.73. The SMILES string of the molecule is CCOc1ccc(/C=C2\SC(=O)N(Cc3ccccc3Br)C2=O)cc1Br. The van der Waals surface area contributed by atoms with E-state index in [1.807, 2.05) is 49.4 Å². The first kappa shape index (κ1) is 19.2. The number of imide groups is 1. The second-order valence-corrected chi connectivity index (χ2v) is 8.18. The van der Waals surface area contributed by atoms with Gasteiger partial charge in [0, 0.05) is 4.47 Å². The zero-order chi connectivity index (χ0) is 18.7. The maximum atomic E-state index is 12.7. The van der Waals surface area contributed by atoms with Crippen molar-refractivity contribution in [2.24, 2.45) is 0 Å². The zero-order valence-electron chi connectivity index (χ0n) is 13.9. The van der Waals surface area contributed by atoms with Gasteiger partial charge in [-0.1, -0.05) is 40.2 Å². The molecular formula is C19H15Br2NO3S. The summed E-state index contributed by atoms with van der Waals surface area (Å²) in [5, 5.41) is -0.262. The molecule has 0 radical (unpaired) electrons. The van der Waals surface area contributed by atoms with Crippen molar-refractivity contribution in [2.75, 3.05) is 6.61 Å². The molecule has 0 spiro atoms. The van der Waals surface area contributed by atoms with Gasteiger partial charge >= 0.3 is 0 Å². The average molecular weight is 497 g/mol. The highest BCUT2D eigenvalue weighted by Gasteiger charge is 2.35. The fraction of sp³-hybridized carbons (Fsp3) is 0.158. The topological polar surface area (TPSA) is 46.6 Å². The Balaban J connectivity index is 1.81. The van der Waals surface area contributed by atoms with Crippen molar-refractivity contribution in [1.82, 2.24) is 4.90 Å². The maximum absolute atomic E-state index is 12.7. The van der Waals surface area contributed by atoms with Crippen molar-refractivity contribution in [1.29, 1.82) is 0 Å². The Kier molecular flexibility index (Phi) is 6.21. The molecule has 134 valence electrons. The van der Waals surface area contributed by atoms with Gasteiger partial charge in [0.05, 0.1) is 22.5 Å². The van der Waals surface area contributed by atoms with E-state index in [0.29, 0.717) is 11.5 Å². The predicted molar refractivity (Wildman–Crippen MR) is 111 cm³/mol. The van der Waals surface area contributed by atoms with Crippen molar-refractivity contribution in [3.05, 3.63) is 67.4 Å². The van der Waals surface area contributed by atoms with Gasteiger partial charge in [0.25, 0.3) is 11.1 Å². The van der Waals surface area contributed by atoms with Crippen LogP contribution in [0.1, 0.15) is 18.1 Å². The summed E-state index contributed by atoms with van der Waals surface area (Å²) in [5.74, 6) is 0.465. The largest absolute Gasteiger partial charge is 0.493 e. The highest BCUT2D eigenvalue weighted by molar-refractivity contribution is 9.10. The second-order valence-electron chi connectivity index (χ2n) is 5.48. The summed E-state index contributed by atoms with van der Waals surface area (Å²) < 4.78 is 7.17. The van der Waals surface area contributed by atoms with Crippen LogP contribution in [0.25, 0.3) is 6.08 Å². The molecule has 0 aromatic heterocycles. The van der Waals surface area contributed by atoms with Crippen molar-refractivity contribution >= 4 is 60.8 Å². The summed E-state index contributed by atoms with van der Waals surface area (Å²) in [4.78, 5) is 26.6. The van der Waals surface area contributed by atoms with Gasteiger partial charge < -0.3 is 4.74 Å². The number of nitrogens with zero attached hydrogens (tertiary/aromatic N) is 1. The third-order valence-corrected chi connectivity index (χ3v) is 6.01. The molecule has 0 saturated carbocycles. The van der Waals surface area contributed by atoms with Crippen molar-refractivity contribution in [2.45, 2.75) is 13.5 Å². The first-order valence-corrected chi connectivity index (χ1v) is 10.3. The van der Waals surface area contributed by atoms with E-state index in [9.17, 15) is 9.59 Å². The van der Waals surface area contributed by atoms with E-state index in [-0.39, 0.29) is 17.7 Å². The molecule has 0 unspecified atom stereocenters. The highest BCUT2D eigenvalue weighted by atomic mass is 79.9. The Bertz CT molecular complexity index is 898. The molecule has 0 aliphatic carbocycles. The van der Waals surface area contributed by atoms with Crippen molar-refractivity contribution in [3.8, 4) is 5.75 Å². The fourth-order valence-electron chi connectivity index (χ4n) is 2.46. The standard InChI is InChI=1S/C19H15Br2NO3S/c1-2-25-16-8-7-12(9-15(16)21)10-17-18(23)22(19(24)26-17)11-13-5-3-4-6-14(13)20/h3-10H,2,11H2,1H3/b17-10-. The van der Waals surface area contributed by atoms with Gasteiger partial charge in [-0.2, -0.15) is 0 Å². The third-order valence-electron chi connectivity index (χ3n) is 3.71. The maximum Gasteiger partial charge on any atom is 0.293 e. The summed E-state index contributed by atoms with van der Waals surface area (Å²) >= 11 is 7.87. The highest BCUT2D eigenvalue weighted by Crippen LogP contribution is 2.35. The molecular weight excluding hydrogens is 482 g/mol. The van der Waals surface area contributed by atoms with Crippen LogP contribution in [0.5, 0.6) is 5.75 Å². The van der Waals surface area contributed by atoms with E-state index in [1.54, 1.807) is 6.08 Å². The van der Waals surface area contributed by atoms with Crippen LogP contribution in [0, 0.1) is 0 Å². The molecule has 1 heterocycles. The molecule has 4 nitrogen and oxygen atoms in total. The van der Waals surface area contributed by atoms with E-state index in [0.717, 1.165) is 37.6 Å². The lowest BCUT2D eigenvalue weighted by atomic mass is 10.2. The number of rotatable bonds is 5. The number of carbonyl (C=O) groups excluding carboxylic acids is 2. The van der Waals surface area contributed by atoms with E-state index < -0.39 is 0 Å². The number of hydrogen-bond acceptors (Lipinski definition) is 4. The molecule has 2 aromatic carbocycles. The summed E-state index contributed by atoms with van der Waals surface area (Å²) in [5.41, 5.74) is 1.71. The quantitative estimate of drug-likeness (QED) is 0.487. The lowest BCUT2D eigenvalue weighted by Crippen LogP contribution is -2.27. The first-order chi connectivity index (χ1) is 12.5. The molecule has 1 aliphatic rings. The van der Waals surface area contributed by atoms with Crippen LogP contribution in [-0.4, -0.2) is 22.7 Å². The smallest absolute Gasteiger partial charge is 0.293 e. The minimum absolute atomic E-state index is 0.246. The van der Waals surface area contributed by atoms with Gasteiger partial charge in [-0.25, -0.2) is 0 Å². The van der Waals surface area contributed by atoms with E-state index in [4.69, 9.17) is 4.74 Å². The normalized spacial score (nSPS) is 15.8. The van der Waals surface area contributed by atoms with Crippen molar-refractivity contribution < 1.29 is 14.3 Å². The summed E-state index contributed by atoms with van der Waals surface area (Å²) in [6, 6.07) is 13.1. The predicted octanol–water partition coefficient (Wildman–Crippen LogP) is 5.85. The van der Waals surface area contributed by atoms with Gasteiger partial charge in [-0.3, -0.25) is 14.5 Å². The molecule has 7 heteroatoms. The Morgan fingerprint density at radius 2 is 1.88 bits per heavy atom. The Morgan fingerprint density at radius 1 is 1.12 bits per heavy atom. The van der Waals surface area contributed by atoms with Crippen molar-refractivity contribution in [3.63, 3.8) is 0 Å². The molecule has 2 aromatic rings. The average Bonchev–Trinajstić information content (AvgIpc) is 2.87. The van der Waals surface area contributed by atoms with Gasteiger partial charge in [-0.05, 0) is 70.0 Å². The number of amides is 2. The van der Waals surface area contributed by atoms with Gasteiger partial charge in [0.1, 0.15) is 5.75 Å². The van der Waals surface area contributed by atoms with Gasteiger partial charge in [0.2, 0.25) is 0 Å². The van der Waals surface area contributed by atoms with Crippen LogP contribution in [-0.2, 0) is 11.3 Å². The van der Waals surface area contributed by atoms with Crippen LogP contribution in [0.15, 0.2) is 56.3 Å². The molecule has 0 bridgehead atoms. The monoisotopic (exact) mass is 495 g/mol.